The van der Waals surface area contributed by atoms with Crippen LogP contribution in [-0.4, -0.2) is 45.3 Å². The molecule has 0 amide bonds. The maximum absolute atomic E-state index is 8.87. The van der Waals surface area contributed by atoms with Gasteiger partial charge in [-0.25, -0.2) is 9.97 Å². The molecule has 0 unspecified atom stereocenters. The van der Waals surface area contributed by atoms with Crippen molar-refractivity contribution in [2.24, 2.45) is 0 Å². The molecule has 0 radical (unpaired) electrons. The van der Waals surface area contributed by atoms with Crippen molar-refractivity contribution in [1.82, 2.24) is 20.3 Å². The minimum absolute atomic E-state index is 0.0266. The molecule has 28 heavy (non-hydrogen) atoms. The number of halogens is 1. The van der Waals surface area contributed by atoms with Crippen LogP contribution in [0.5, 0.6) is 0 Å². The molecular formula is C20H34ClN5OS. The van der Waals surface area contributed by atoms with Crippen LogP contribution in [0, 0.1) is 0 Å². The van der Waals surface area contributed by atoms with Crippen LogP contribution in [0.25, 0.3) is 10.3 Å². The Morgan fingerprint density at radius 1 is 1.07 bits per heavy atom. The van der Waals surface area contributed by atoms with Crippen molar-refractivity contribution in [2.45, 2.75) is 84.3 Å². The summed E-state index contributed by atoms with van der Waals surface area (Å²) in [7, 11) is 0. The van der Waals surface area contributed by atoms with Gasteiger partial charge in [-0.3, -0.25) is 0 Å². The van der Waals surface area contributed by atoms with Gasteiger partial charge in [0, 0.05) is 6.04 Å². The molecule has 2 fully saturated rings. The maximum atomic E-state index is 8.87. The summed E-state index contributed by atoms with van der Waals surface area (Å²) in [5, 5.41) is 16.9. The largest absolute Gasteiger partial charge is 0.393 e. The van der Waals surface area contributed by atoms with E-state index in [0.29, 0.717) is 11.3 Å². The van der Waals surface area contributed by atoms with E-state index in [1.165, 1.54) is 32.1 Å². The second kappa shape index (κ2) is 12.5. The van der Waals surface area contributed by atoms with Gasteiger partial charge in [0.2, 0.25) is 5.28 Å². The summed E-state index contributed by atoms with van der Waals surface area (Å²) in [4.78, 5) is 14.1. The van der Waals surface area contributed by atoms with Gasteiger partial charge in [0.25, 0.3) is 0 Å². The van der Waals surface area contributed by atoms with Crippen molar-refractivity contribution < 1.29 is 5.11 Å². The topological polar surface area (TPSA) is 83.0 Å². The molecule has 1 aliphatic heterocycles. The van der Waals surface area contributed by atoms with Crippen molar-refractivity contribution in [3.05, 3.63) is 10.3 Å². The van der Waals surface area contributed by atoms with E-state index in [2.05, 4.69) is 32.5 Å². The second-order valence-electron chi connectivity index (χ2n) is 6.92. The molecular weight excluding hydrogens is 394 g/mol. The summed E-state index contributed by atoms with van der Waals surface area (Å²) < 4.78 is 0. The Kier molecular flexibility index (Phi) is 10.4. The Morgan fingerprint density at radius 3 is 2.32 bits per heavy atom. The molecule has 4 rings (SSSR count). The van der Waals surface area contributed by atoms with E-state index in [1.54, 1.807) is 11.3 Å². The SMILES string of the molecule is CC.CCc1nc2c(NC3CCCCC3)nc(Cl)nc2s1.OC1CCNCC1. The molecule has 1 aliphatic carbocycles. The maximum Gasteiger partial charge on any atom is 0.225 e. The van der Waals surface area contributed by atoms with E-state index in [9.17, 15) is 0 Å². The number of thiazole rings is 1. The summed E-state index contributed by atoms with van der Waals surface area (Å²) in [6.45, 7) is 8.07. The molecule has 0 bridgehead atoms. The highest BCUT2D eigenvalue weighted by Crippen LogP contribution is 2.29. The van der Waals surface area contributed by atoms with Gasteiger partial charge in [-0.05, 0) is 56.8 Å². The van der Waals surface area contributed by atoms with Crippen molar-refractivity contribution in [2.75, 3.05) is 18.4 Å². The average molecular weight is 428 g/mol. The number of nitrogens with one attached hydrogen (secondary N) is 2. The number of hydrogen-bond donors (Lipinski definition) is 3. The second-order valence-corrected chi connectivity index (χ2v) is 8.32. The lowest BCUT2D eigenvalue weighted by Crippen LogP contribution is -2.30. The highest BCUT2D eigenvalue weighted by Gasteiger charge is 2.18. The summed E-state index contributed by atoms with van der Waals surface area (Å²) >= 11 is 7.61. The molecule has 3 N–H and O–H groups in total. The zero-order chi connectivity index (χ0) is 20.4. The minimum atomic E-state index is -0.0266. The van der Waals surface area contributed by atoms with Gasteiger partial charge in [-0.2, -0.15) is 4.98 Å². The summed E-state index contributed by atoms with van der Waals surface area (Å²) in [5.74, 6) is 0.804. The molecule has 1 saturated carbocycles. The lowest BCUT2D eigenvalue weighted by Gasteiger charge is -2.23. The van der Waals surface area contributed by atoms with Crippen molar-refractivity contribution in [3.63, 3.8) is 0 Å². The van der Waals surface area contributed by atoms with E-state index in [0.717, 1.165) is 53.5 Å². The molecule has 158 valence electrons. The van der Waals surface area contributed by atoms with Gasteiger partial charge in [-0.15, -0.1) is 0 Å². The number of aryl methyl sites for hydroxylation is 1. The highest BCUT2D eigenvalue weighted by molar-refractivity contribution is 7.18. The van der Waals surface area contributed by atoms with E-state index in [4.69, 9.17) is 16.7 Å². The van der Waals surface area contributed by atoms with Gasteiger partial charge in [0.15, 0.2) is 10.6 Å². The first-order valence-corrected chi connectivity index (χ1v) is 11.8. The number of nitrogens with zero attached hydrogens (tertiary/aromatic N) is 3. The number of aliphatic hydroxyl groups is 1. The zero-order valence-corrected chi connectivity index (χ0v) is 18.9. The molecule has 2 aromatic heterocycles. The number of rotatable bonds is 3. The van der Waals surface area contributed by atoms with Crippen LogP contribution in [0.15, 0.2) is 0 Å². The molecule has 1 saturated heterocycles. The van der Waals surface area contributed by atoms with Crippen molar-refractivity contribution in [3.8, 4) is 0 Å². The van der Waals surface area contributed by atoms with Gasteiger partial charge < -0.3 is 15.7 Å². The van der Waals surface area contributed by atoms with Crippen LogP contribution in [0.3, 0.4) is 0 Å². The molecule has 3 heterocycles. The summed E-state index contributed by atoms with van der Waals surface area (Å²) in [5.41, 5.74) is 0.872. The van der Waals surface area contributed by atoms with E-state index in [1.807, 2.05) is 13.8 Å². The monoisotopic (exact) mass is 427 g/mol. The first-order valence-electron chi connectivity index (χ1n) is 10.6. The van der Waals surface area contributed by atoms with Gasteiger partial charge in [0.05, 0.1) is 11.1 Å². The lowest BCUT2D eigenvalue weighted by atomic mass is 9.95. The first kappa shape index (κ1) is 23.3. The number of aliphatic hydroxyl groups excluding tert-OH is 1. The zero-order valence-electron chi connectivity index (χ0n) is 17.3. The Labute approximate surface area is 177 Å². The number of fused-ring (bicyclic) bond motifs is 1. The van der Waals surface area contributed by atoms with E-state index < -0.39 is 0 Å². The quantitative estimate of drug-likeness (QED) is 0.610. The van der Waals surface area contributed by atoms with Crippen LogP contribution in [0.4, 0.5) is 5.82 Å². The fourth-order valence-corrected chi connectivity index (χ4v) is 4.43. The minimum Gasteiger partial charge on any atom is -0.393 e. The van der Waals surface area contributed by atoms with Crippen LogP contribution in [0.1, 0.15) is 70.7 Å². The predicted molar refractivity (Wildman–Crippen MR) is 120 cm³/mol. The standard InChI is InChI=1S/C13H17ClN4S.C5H11NO.C2H6/c1-2-9-16-10-11(15-8-6-4-3-5-7-8)17-13(14)18-12(10)19-9;7-5-1-3-6-4-2-5;1-2/h8H,2-7H2,1H3,(H,15,17,18);5-7H,1-4H2;1-2H3. The van der Waals surface area contributed by atoms with Crippen LogP contribution >= 0.6 is 22.9 Å². The van der Waals surface area contributed by atoms with Crippen LogP contribution in [-0.2, 0) is 6.42 Å². The molecule has 2 aliphatic rings. The molecule has 0 aromatic carbocycles. The smallest absolute Gasteiger partial charge is 0.225 e. The van der Waals surface area contributed by atoms with Crippen LogP contribution < -0.4 is 10.6 Å². The van der Waals surface area contributed by atoms with E-state index in [-0.39, 0.29) is 6.10 Å². The fourth-order valence-electron chi connectivity index (χ4n) is 3.34. The van der Waals surface area contributed by atoms with Gasteiger partial charge in [-0.1, -0.05) is 51.4 Å². The third kappa shape index (κ3) is 7.10. The van der Waals surface area contributed by atoms with Gasteiger partial charge in [0.1, 0.15) is 5.52 Å². The number of piperidine rings is 1. The molecule has 6 nitrogen and oxygen atoms in total. The number of anilines is 1. The Hall–Kier alpha value is -1.02. The molecule has 0 atom stereocenters. The molecule has 2 aromatic rings. The lowest BCUT2D eigenvalue weighted by molar-refractivity contribution is 0.137. The van der Waals surface area contributed by atoms with E-state index >= 15 is 0 Å². The van der Waals surface area contributed by atoms with Crippen molar-refractivity contribution in [1.29, 1.82) is 0 Å². The number of hydrogen-bond acceptors (Lipinski definition) is 7. The Balaban J connectivity index is 0.000000261. The number of aromatic nitrogens is 3. The average Bonchev–Trinajstić information content (AvgIpc) is 3.15. The Morgan fingerprint density at radius 2 is 1.75 bits per heavy atom. The third-order valence-electron chi connectivity index (χ3n) is 4.83. The first-order chi connectivity index (χ1) is 13.7. The van der Waals surface area contributed by atoms with Crippen molar-refractivity contribution >= 4 is 39.1 Å². The third-order valence-corrected chi connectivity index (χ3v) is 6.10. The molecule has 8 heteroatoms. The van der Waals surface area contributed by atoms with Gasteiger partial charge >= 0.3 is 0 Å². The summed E-state index contributed by atoms with van der Waals surface area (Å²) in [6.07, 6.45) is 9.08. The highest BCUT2D eigenvalue weighted by atomic mass is 35.5. The fraction of sp³-hybridized carbons (Fsp3) is 0.750. The summed E-state index contributed by atoms with van der Waals surface area (Å²) in [6, 6.07) is 0.495. The Bertz CT molecular complexity index is 699. The van der Waals surface area contributed by atoms with Crippen LogP contribution in [0.2, 0.25) is 5.28 Å². The predicted octanol–water partition coefficient (Wildman–Crippen LogP) is 4.80. The normalized spacial score (nSPS) is 18.0. The molecule has 0 spiro atoms.